The summed E-state index contributed by atoms with van der Waals surface area (Å²) < 4.78 is 85.6. The van der Waals surface area contributed by atoms with Gasteiger partial charge in [-0.05, 0) is 35.7 Å². The van der Waals surface area contributed by atoms with Gasteiger partial charge in [0.2, 0.25) is 11.8 Å². The van der Waals surface area contributed by atoms with Gasteiger partial charge in [0.15, 0.2) is 2.82 Å². The van der Waals surface area contributed by atoms with Crippen LogP contribution in [-0.4, -0.2) is 34.6 Å². The number of rotatable bonds is 5. The molecule has 2 atom stereocenters. The Labute approximate surface area is 196 Å². The summed E-state index contributed by atoms with van der Waals surface area (Å²) in [5.74, 6) is -10.2. The van der Waals surface area contributed by atoms with Gasteiger partial charge in [-0.2, -0.15) is 8.78 Å². The molecule has 4 rings (SSSR count). The van der Waals surface area contributed by atoms with Crippen LogP contribution in [0.25, 0.3) is 0 Å². The molecule has 2 aromatic carbocycles. The van der Waals surface area contributed by atoms with Gasteiger partial charge in [0.25, 0.3) is 11.8 Å². The summed E-state index contributed by atoms with van der Waals surface area (Å²) in [6.45, 7) is -3.65. The number of nitrogens with one attached hydrogen (secondary N) is 2. The predicted molar refractivity (Wildman–Crippen MR) is 110 cm³/mol. The third kappa shape index (κ3) is 4.08. The van der Waals surface area contributed by atoms with Crippen molar-refractivity contribution in [2.75, 3.05) is 0 Å². The Bertz CT molecular complexity index is 1400. The topological polar surface area (TPSA) is 95.6 Å². The van der Waals surface area contributed by atoms with Crippen LogP contribution in [0.5, 0.6) is 0 Å². The molecule has 7 nitrogen and oxygen atoms in total. The number of nitrogens with zero attached hydrogens (tertiary/aromatic N) is 1. The number of carbonyl (C=O) groups excluding carboxylic acids is 4. The van der Waals surface area contributed by atoms with Crippen LogP contribution in [0.3, 0.4) is 0 Å². The van der Waals surface area contributed by atoms with Gasteiger partial charge in [-0.1, -0.05) is 35.9 Å². The lowest BCUT2D eigenvalue weighted by Gasteiger charge is -2.29. The number of hydrogen-bond donors (Lipinski definition) is 2. The fourth-order valence-electron chi connectivity index (χ4n) is 3.24. The zero-order chi connectivity index (χ0) is 29.2. The summed E-state index contributed by atoms with van der Waals surface area (Å²) in [5, 5.41) is -0.603. The van der Waals surface area contributed by atoms with Gasteiger partial charge in [0.05, 0.1) is 2.74 Å². The summed E-state index contributed by atoms with van der Waals surface area (Å²) in [5.41, 5.74) is -1.41. The van der Waals surface area contributed by atoms with E-state index in [4.69, 9.17) is 21.3 Å². The lowest BCUT2D eigenvalue weighted by atomic mass is 10.0. The highest BCUT2D eigenvalue weighted by Gasteiger charge is 2.41. The van der Waals surface area contributed by atoms with Crippen molar-refractivity contribution in [2.45, 2.75) is 37.8 Å². The van der Waals surface area contributed by atoms with E-state index in [1.807, 2.05) is 0 Å². The van der Waals surface area contributed by atoms with Crippen LogP contribution in [0.15, 0.2) is 42.5 Å². The number of hydrogen-bond acceptors (Lipinski definition) is 4. The van der Waals surface area contributed by atoms with Crippen LogP contribution < -0.4 is 10.6 Å². The van der Waals surface area contributed by atoms with Crippen LogP contribution in [0.4, 0.5) is 8.78 Å². The van der Waals surface area contributed by atoms with Crippen LogP contribution in [0.2, 0.25) is 7.85 Å². The average molecular weight is 469 g/mol. The zero-order valence-corrected chi connectivity index (χ0v) is 16.8. The summed E-state index contributed by atoms with van der Waals surface area (Å²) in [6, 6.07) is 4.93. The van der Waals surface area contributed by atoms with E-state index < -0.39 is 77.8 Å². The molecule has 0 aliphatic carbocycles. The molecule has 0 radical (unpaired) electrons. The van der Waals surface area contributed by atoms with Gasteiger partial charge in [-0.25, -0.2) is 0 Å². The second-order valence-corrected chi connectivity index (χ2v) is 7.35. The van der Waals surface area contributed by atoms with E-state index in [2.05, 4.69) is 0 Å². The van der Waals surface area contributed by atoms with Gasteiger partial charge < -0.3 is 10.2 Å². The fourth-order valence-corrected chi connectivity index (χ4v) is 3.36. The Balaban J connectivity index is 1.63. The van der Waals surface area contributed by atoms with E-state index in [0.29, 0.717) is 4.90 Å². The van der Waals surface area contributed by atoms with E-state index in [1.54, 1.807) is 0 Å². The number of amides is 4. The molecule has 2 N–H and O–H groups in total. The standard InChI is InChI=1S/C22H18ClF2N3O4/c23-15-4-2-14(3-5-15)22(24,25)21(32)26-10-12-1-6-16-13(9-12)11-28(20(16)31)17-7-8-18(29)27-19(17)30/h1-6,9,17H,7-8,10-11H2,(H,26,32)(H,27,29,30)/i7D2,8D,10D2/hD2. The molecule has 10 heteroatoms. The molecule has 0 saturated carbocycles. The molecule has 2 aliphatic heterocycles. The maximum absolute atomic E-state index is 14.8. The van der Waals surface area contributed by atoms with Gasteiger partial charge in [-0.3, -0.25) is 24.5 Å². The second kappa shape index (κ2) is 8.31. The number of imide groups is 1. The molecule has 166 valence electrons. The second-order valence-electron chi connectivity index (χ2n) is 6.92. The first kappa shape index (κ1) is 14.7. The quantitative estimate of drug-likeness (QED) is 0.659. The normalized spacial score (nSPS) is 26.2. The number of benzene rings is 2. The van der Waals surface area contributed by atoms with Crippen LogP contribution in [-0.2, 0) is 33.3 Å². The number of fused-ring (bicyclic) bond motifs is 1. The zero-order valence-electron chi connectivity index (χ0n) is 23.0. The Hall–Kier alpha value is -3.33. The van der Waals surface area contributed by atoms with Crippen molar-refractivity contribution in [1.82, 2.24) is 15.5 Å². The minimum Gasteiger partial charge on any atom is -0.346 e. The number of alkyl halides is 2. The molecule has 2 aromatic rings. The summed E-state index contributed by atoms with van der Waals surface area (Å²) >= 11 is 5.68. The van der Waals surface area contributed by atoms with E-state index in [-0.39, 0.29) is 21.5 Å². The molecular weight excluding hydrogens is 444 g/mol. The summed E-state index contributed by atoms with van der Waals surface area (Å²) in [4.78, 5) is 50.7. The van der Waals surface area contributed by atoms with E-state index in [9.17, 15) is 28.0 Å². The lowest BCUT2D eigenvalue weighted by Crippen LogP contribution is -2.52. The third-order valence-corrected chi connectivity index (χ3v) is 5.08. The molecule has 0 aromatic heterocycles. The third-order valence-electron chi connectivity index (χ3n) is 4.83. The molecule has 4 amide bonds. The molecule has 1 saturated heterocycles. The van der Waals surface area contributed by atoms with Gasteiger partial charge in [0, 0.05) is 39.7 Å². The van der Waals surface area contributed by atoms with E-state index >= 15 is 0 Å². The average Bonchev–Trinajstić information content (AvgIpc) is 3.20. The highest BCUT2D eigenvalue weighted by molar-refractivity contribution is 6.30. The molecule has 32 heavy (non-hydrogen) atoms. The van der Waals surface area contributed by atoms with Crippen molar-refractivity contribution in [3.8, 4) is 0 Å². The molecule has 2 heterocycles. The molecule has 2 aliphatic rings. The van der Waals surface area contributed by atoms with Crippen LogP contribution in [0, 0.1) is 0 Å². The minimum atomic E-state index is -4.29. The highest BCUT2D eigenvalue weighted by atomic mass is 35.5. The lowest BCUT2D eigenvalue weighted by molar-refractivity contribution is -0.147. The van der Waals surface area contributed by atoms with Crippen molar-refractivity contribution in [1.29, 1.82) is 0 Å². The fraction of sp³-hybridized carbons (Fsp3) is 0.273. The van der Waals surface area contributed by atoms with Gasteiger partial charge in [-0.15, -0.1) is 0 Å². The Kier molecular flexibility index (Phi) is 3.81. The van der Waals surface area contributed by atoms with Crippen LogP contribution in [0.1, 0.15) is 46.7 Å². The van der Waals surface area contributed by atoms with Crippen molar-refractivity contribution < 1.29 is 37.6 Å². The molecule has 0 spiro atoms. The number of halogens is 3. The van der Waals surface area contributed by atoms with Gasteiger partial charge >= 0.3 is 5.92 Å². The first-order valence-electron chi connectivity index (χ1n) is 12.6. The molecule has 1 fully saturated rings. The Morgan fingerprint density at radius 1 is 1.31 bits per heavy atom. The first-order chi connectivity index (χ1) is 17.9. The van der Waals surface area contributed by atoms with Gasteiger partial charge in [0.1, 0.15) is 6.04 Å². The molecule has 2 unspecified atom stereocenters. The van der Waals surface area contributed by atoms with Crippen molar-refractivity contribution in [3.63, 3.8) is 0 Å². The molecular formula is C22H18ClF2N3O4. The van der Waals surface area contributed by atoms with Crippen molar-refractivity contribution in [3.05, 3.63) is 69.7 Å². The summed E-state index contributed by atoms with van der Waals surface area (Å²) in [7, 11) is 0. The maximum Gasteiger partial charge on any atom is 0.349 e. The smallest absolute Gasteiger partial charge is 0.346 e. The largest absolute Gasteiger partial charge is 0.349 e. The SMILES string of the molecule is [2H]C1C(=O)N([2H])C(=O)C(N2Cc3cc(C([2H])([2H])N([2H])C(=O)C(F)(F)c4ccc(Cl)cc4)ccc3C2=O)C1([2H])[2H]. The maximum atomic E-state index is 14.8. The number of carbonyl (C=O) groups is 4. The Morgan fingerprint density at radius 2 is 2.03 bits per heavy atom. The monoisotopic (exact) mass is 468 g/mol. The van der Waals surface area contributed by atoms with Crippen molar-refractivity contribution >= 4 is 35.2 Å². The highest BCUT2D eigenvalue weighted by Crippen LogP contribution is 2.30. The van der Waals surface area contributed by atoms with Crippen LogP contribution >= 0.6 is 11.6 Å². The number of piperidine rings is 1. The van der Waals surface area contributed by atoms with Crippen molar-refractivity contribution in [2.24, 2.45) is 0 Å². The van der Waals surface area contributed by atoms with E-state index in [1.165, 1.54) is 0 Å². The van der Waals surface area contributed by atoms with E-state index in [0.717, 1.165) is 42.5 Å². The minimum absolute atomic E-state index is 0.00486. The molecule has 0 bridgehead atoms. The summed E-state index contributed by atoms with van der Waals surface area (Å²) in [6.07, 6.45) is -5.04. The predicted octanol–water partition coefficient (Wildman–Crippen LogP) is 2.51. The first-order valence-corrected chi connectivity index (χ1v) is 9.52. The Morgan fingerprint density at radius 3 is 2.75 bits per heavy atom.